The first-order chi connectivity index (χ1) is 14.1. The number of aryl methyl sites for hydroxylation is 1. The van der Waals surface area contributed by atoms with Crippen molar-refractivity contribution in [3.05, 3.63) is 76.2 Å². The molecule has 0 radical (unpaired) electrons. The van der Waals surface area contributed by atoms with Gasteiger partial charge in [-0.25, -0.2) is 0 Å². The van der Waals surface area contributed by atoms with Crippen LogP contribution in [0.4, 0.5) is 0 Å². The van der Waals surface area contributed by atoms with Crippen molar-refractivity contribution >= 4 is 23.6 Å². The second-order valence-electron chi connectivity index (χ2n) is 7.36. The van der Waals surface area contributed by atoms with Crippen molar-refractivity contribution in [2.24, 2.45) is 7.05 Å². The Morgan fingerprint density at radius 2 is 1.52 bits per heavy atom. The van der Waals surface area contributed by atoms with Crippen molar-refractivity contribution in [2.45, 2.75) is 44.7 Å². The van der Waals surface area contributed by atoms with E-state index in [2.05, 4.69) is 102 Å². The van der Waals surface area contributed by atoms with Crippen molar-refractivity contribution in [1.82, 2.24) is 13.1 Å². The predicted molar refractivity (Wildman–Crippen MR) is 118 cm³/mol. The maximum atomic E-state index is 5.56. The number of nitrogens with zero attached hydrogens (tertiary/aromatic N) is 3. The molecule has 0 atom stereocenters. The van der Waals surface area contributed by atoms with Gasteiger partial charge in [0.2, 0.25) is 0 Å². The monoisotopic (exact) mass is 610 g/mol. The second-order valence-corrected chi connectivity index (χ2v) is 9.27. The van der Waals surface area contributed by atoms with Crippen LogP contribution in [0.3, 0.4) is 0 Å². The summed E-state index contributed by atoms with van der Waals surface area (Å²) in [6.45, 7) is 0.894. The molecule has 1 heterocycles. The minimum atomic E-state index is 0.419. The molecule has 0 spiro atoms. The Morgan fingerprint density at radius 3 is 2.07 bits per heavy atom. The van der Waals surface area contributed by atoms with E-state index in [1.807, 2.05) is 0 Å². The fourth-order valence-electron chi connectivity index (χ4n) is 3.61. The van der Waals surface area contributed by atoms with Gasteiger partial charge >= 0.3 is 130 Å². The molecule has 0 aliphatic heterocycles. The van der Waals surface area contributed by atoms with Crippen LogP contribution in [-0.2, 0) is 32.9 Å². The Bertz CT molecular complexity index is 930. The average molecular weight is 611 g/mol. The summed E-state index contributed by atoms with van der Waals surface area (Å²) in [4.78, 5) is 0. The molecular weight excluding hydrogens is 584 g/mol. The summed E-state index contributed by atoms with van der Waals surface area (Å²) < 4.78 is 7.06. The zero-order valence-corrected chi connectivity index (χ0v) is 20.4. The van der Waals surface area contributed by atoms with Crippen molar-refractivity contribution in [3.63, 3.8) is 0 Å². The Hall–Kier alpha value is -1.12. The van der Waals surface area contributed by atoms with E-state index in [1.54, 1.807) is 0 Å². The zero-order valence-electron chi connectivity index (χ0n) is 16.6. The van der Waals surface area contributed by atoms with Gasteiger partial charge in [0, 0.05) is 6.04 Å². The first kappa shape index (κ1) is 22.6. The first-order valence-electron chi connectivity index (χ1n) is 9.98. The molecule has 3 aromatic rings. The van der Waals surface area contributed by atoms with Crippen LogP contribution < -0.4 is 0 Å². The Kier molecular flexibility index (Phi) is 8.81. The quantitative estimate of drug-likeness (QED) is 0.305. The molecule has 1 saturated carbocycles. The van der Waals surface area contributed by atoms with E-state index in [1.165, 1.54) is 43.8 Å². The molecule has 0 N–H and O–H groups in total. The molecule has 1 aliphatic rings. The summed E-state index contributed by atoms with van der Waals surface area (Å²) in [5.41, 5.74) is 3.82. The SMILES string of the molecule is ClN(Cl)C1CCCCC1.Cn1cc(-c2ccccc2)n(Cc2ccccc2)[c]1=[Pt]. The number of rotatable bonds is 4. The number of imidazole rings is 1. The van der Waals surface area contributed by atoms with Crippen LogP contribution in [0.1, 0.15) is 37.7 Å². The van der Waals surface area contributed by atoms with Gasteiger partial charge in [0.25, 0.3) is 0 Å². The summed E-state index contributed by atoms with van der Waals surface area (Å²) in [6.07, 6.45) is 8.42. The van der Waals surface area contributed by atoms with Crippen LogP contribution in [0.15, 0.2) is 66.9 Å². The van der Waals surface area contributed by atoms with Crippen molar-refractivity contribution < 1.29 is 19.4 Å². The summed E-state index contributed by atoms with van der Waals surface area (Å²) in [6, 6.07) is 21.5. The maximum absolute atomic E-state index is 5.56. The summed E-state index contributed by atoms with van der Waals surface area (Å²) in [7, 11) is 2.09. The zero-order chi connectivity index (χ0) is 20.6. The third-order valence-corrected chi connectivity index (χ3v) is 7.15. The van der Waals surface area contributed by atoms with Gasteiger partial charge < -0.3 is 0 Å². The van der Waals surface area contributed by atoms with Gasteiger partial charge in [0.1, 0.15) is 0 Å². The number of halogens is 2. The van der Waals surface area contributed by atoms with Gasteiger partial charge in [-0.1, -0.05) is 19.3 Å². The van der Waals surface area contributed by atoms with Crippen LogP contribution in [-0.4, -0.2) is 19.1 Å². The molecule has 0 unspecified atom stereocenters. The molecule has 0 saturated heterocycles. The fraction of sp³-hybridized carbons (Fsp3) is 0.348. The predicted octanol–water partition coefficient (Wildman–Crippen LogP) is 6.55. The Labute approximate surface area is 194 Å². The molecule has 4 rings (SSSR count). The topological polar surface area (TPSA) is 13.1 Å². The number of benzene rings is 2. The molecule has 0 amide bonds. The van der Waals surface area contributed by atoms with Crippen LogP contribution in [0.25, 0.3) is 11.3 Å². The molecular formula is C23H27Cl2N3Pt. The van der Waals surface area contributed by atoms with E-state index < -0.39 is 0 Å². The van der Waals surface area contributed by atoms with E-state index >= 15 is 0 Å². The summed E-state index contributed by atoms with van der Waals surface area (Å²) >= 11 is 13.5. The van der Waals surface area contributed by atoms with Gasteiger partial charge in [-0.05, 0) is 36.4 Å². The van der Waals surface area contributed by atoms with Gasteiger partial charge in [-0.15, -0.1) is 3.94 Å². The van der Waals surface area contributed by atoms with Crippen LogP contribution in [0, 0.1) is 3.80 Å². The minimum absolute atomic E-state index is 0.419. The number of hydrogen-bond acceptors (Lipinski definition) is 1. The molecule has 158 valence electrons. The molecule has 29 heavy (non-hydrogen) atoms. The summed E-state index contributed by atoms with van der Waals surface area (Å²) in [5.74, 6) is 0. The second kappa shape index (κ2) is 11.3. The molecule has 6 heteroatoms. The fourth-order valence-corrected chi connectivity index (χ4v) is 4.60. The molecule has 3 nitrogen and oxygen atoms in total. The first-order valence-corrected chi connectivity index (χ1v) is 11.8. The normalized spacial score (nSPS) is 14.6. The summed E-state index contributed by atoms with van der Waals surface area (Å²) in [5, 5.41) is 0. The van der Waals surface area contributed by atoms with Crippen molar-refractivity contribution in [1.29, 1.82) is 0 Å². The molecule has 1 fully saturated rings. The molecule has 1 aliphatic carbocycles. The number of aromatic nitrogens is 2. The number of hydrogen-bond donors (Lipinski definition) is 0. The van der Waals surface area contributed by atoms with Gasteiger partial charge in [0.05, 0.1) is 0 Å². The van der Waals surface area contributed by atoms with Gasteiger partial charge in [-0.2, -0.15) is 0 Å². The van der Waals surface area contributed by atoms with E-state index in [9.17, 15) is 0 Å². The standard InChI is InChI=1S/C17H16N2.C6H11Cl2N.Pt/c1-18-13-17(16-10-6-3-7-11-16)19(14-18)12-15-8-4-2-5-9-15;7-9(8)6-4-2-1-3-5-6;/h2-11,13H,12H2,1H3;6H,1-5H2;. The Balaban J connectivity index is 0.000000224. The van der Waals surface area contributed by atoms with E-state index in [-0.39, 0.29) is 0 Å². The molecule has 0 bridgehead atoms. The Morgan fingerprint density at radius 1 is 0.931 bits per heavy atom. The van der Waals surface area contributed by atoms with Gasteiger partial charge in [-0.3, -0.25) is 0 Å². The van der Waals surface area contributed by atoms with Gasteiger partial charge in [0.15, 0.2) is 0 Å². The third-order valence-electron chi connectivity index (χ3n) is 5.19. The van der Waals surface area contributed by atoms with Crippen molar-refractivity contribution in [3.8, 4) is 11.3 Å². The van der Waals surface area contributed by atoms with Crippen molar-refractivity contribution in [2.75, 3.05) is 0 Å². The van der Waals surface area contributed by atoms with E-state index in [0.717, 1.165) is 19.4 Å². The van der Waals surface area contributed by atoms with Crippen LogP contribution >= 0.6 is 23.6 Å². The third kappa shape index (κ3) is 6.43. The van der Waals surface area contributed by atoms with Crippen LogP contribution in [0.2, 0.25) is 0 Å². The van der Waals surface area contributed by atoms with Crippen LogP contribution in [0.5, 0.6) is 0 Å². The van der Waals surface area contributed by atoms with E-state index in [4.69, 9.17) is 23.6 Å². The van der Waals surface area contributed by atoms with E-state index in [0.29, 0.717) is 6.04 Å². The molecule has 2 aromatic carbocycles. The molecule has 1 aromatic heterocycles. The average Bonchev–Trinajstić information content (AvgIpc) is 3.05.